The molecule has 1 aliphatic carbocycles. The van der Waals surface area contributed by atoms with E-state index in [0.717, 1.165) is 13.0 Å². The Morgan fingerprint density at radius 1 is 1.38 bits per heavy atom. The van der Waals surface area contributed by atoms with Crippen LogP contribution in [0.15, 0.2) is 0 Å². The minimum absolute atomic E-state index is 0.193. The van der Waals surface area contributed by atoms with Gasteiger partial charge >= 0.3 is 0 Å². The van der Waals surface area contributed by atoms with Crippen LogP contribution in [0.25, 0.3) is 0 Å². The first-order valence-electron chi connectivity index (χ1n) is 5.09. The van der Waals surface area contributed by atoms with Crippen LogP contribution in [-0.2, 0) is 14.3 Å². The molecule has 1 saturated heterocycles. The lowest BCUT2D eigenvalue weighted by atomic mass is 9.94. The highest BCUT2D eigenvalue weighted by Crippen LogP contribution is 2.20. The number of hydrogen-bond donors (Lipinski definition) is 0. The molecule has 0 amide bonds. The molecule has 2 fully saturated rings. The Bertz CT molecular complexity index is 177. The normalized spacial score (nSPS) is 30.2. The second-order valence-corrected chi connectivity index (χ2v) is 3.89. The van der Waals surface area contributed by atoms with E-state index in [1.807, 2.05) is 0 Å². The average Bonchev–Trinajstić information content (AvgIpc) is 2.12. The van der Waals surface area contributed by atoms with E-state index in [1.165, 1.54) is 12.8 Å². The van der Waals surface area contributed by atoms with E-state index in [0.29, 0.717) is 25.2 Å². The molecule has 1 unspecified atom stereocenters. The lowest BCUT2D eigenvalue weighted by Crippen LogP contribution is -2.35. The molecule has 2 rings (SSSR count). The Balaban J connectivity index is 1.59. The molecule has 0 spiro atoms. The van der Waals surface area contributed by atoms with Gasteiger partial charge in [-0.05, 0) is 19.3 Å². The van der Waals surface area contributed by atoms with Crippen LogP contribution in [0.2, 0.25) is 0 Å². The molecule has 0 aromatic carbocycles. The lowest BCUT2D eigenvalue weighted by molar-refractivity contribution is -0.138. The van der Waals surface area contributed by atoms with E-state index < -0.39 is 0 Å². The molecule has 1 heterocycles. The third-order valence-electron chi connectivity index (χ3n) is 2.70. The van der Waals surface area contributed by atoms with Crippen molar-refractivity contribution in [3.63, 3.8) is 0 Å². The van der Waals surface area contributed by atoms with Crippen molar-refractivity contribution < 1.29 is 14.3 Å². The molecule has 0 aromatic heterocycles. The largest absolute Gasteiger partial charge is 0.376 e. The third kappa shape index (κ3) is 2.51. The molecule has 0 aromatic rings. The molecule has 1 saturated carbocycles. The molecule has 1 atom stereocenters. The first-order valence-corrected chi connectivity index (χ1v) is 5.09. The second kappa shape index (κ2) is 4.20. The monoisotopic (exact) mass is 184 g/mol. The van der Waals surface area contributed by atoms with E-state index in [-0.39, 0.29) is 12.2 Å². The molecule has 0 bridgehead atoms. The maximum Gasteiger partial charge on any atom is 0.138 e. The number of ketones is 1. The summed E-state index contributed by atoms with van der Waals surface area (Å²) in [6.45, 7) is 1.55. The maximum absolute atomic E-state index is 10.6. The number of carbonyl (C=O) groups excluding carboxylic acids is 1. The third-order valence-corrected chi connectivity index (χ3v) is 2.70. The number of hydrogen-bond acceptors (Lipinski definition) is 3. The Kier molecular flexibility index (Phi) is 2.96. The molecular formula is C10H16O3. The summed E-state index contributed by atoms with van der Waals surface area (Å²) >= 11 is 0. The molecule has 1 aliphatic heterocycles. The average molecular weight is 184 g/mol. The fraction of sp³-hybridized carbons (Fsp3) is 0.900. The van der Waals surface area contributed by atoms with Crippen molar-refractivity contribution in [3.05, 3.63) is 0 Å². The Labute approximate surface area is 78.4 Å². The molecule has 2 aliphatic rings. The summed E-state index contributed by atoms with van der Waals surface area (Å²) in [4.78, 5) is 10.6. The van der Waals surface area contributed by atoms with Gasteiger partial charge in [-0.3, -0.25) is 4.79 Å². The van der Waals surface area contributed by atoms with Crippen LogP contribution < -0.4 is 0 Å². The van der Waals surface area contributed by atoms with Crippen LogP contribution in [0.3, 0.4) is 0 Å². The molecule has 0 N–H and O–H groups in total. The van der Waals surface area contributed by atoms with Gasteiger partial charge in [0, 0.05) is 19.4 Å². The fourth-order valence-corrected chi connectivity index (χ4v) is 1.75. The van der Waals surface area contributed by atoms with E-state index >= 15 is 0 Å². The highest BCUT2D eigenvalue weighted by molar-refractivity contribution is 5.85. The first kappa shape index (κ1) is 9.16. The summed E-state index contributed by atoms with van der Waals surface area (Å²) in [5.41, 5.74) is 0. The van der Waals surface area contributed by atoms with Gasteiger partial charge in [0.2, 0.25) is 0 Å². The van der Waals surface area contributed by atoms with E-state index in [9.17, 15) is 4.79 Å². The van der Waals surface area contributed by atoms with E-state index in [4.69, 9.17) is 9.47 Å². The van der Waals surface area contributed by atoms with Gasteiger partial charge in [-0.25, -0.2) is 0 Å². The van der Waals surface area contributed by atoms with Crippen LogP contribution in [0.4, 0.5) is 0 Å². The van der Waals surface area contributed by atoms with Crippen LogP contribution >= 0.6 is 0 Å². The van der Waals surface area contributed by atoms with Crippen molar-refractivity contribution in [2.24, 2.45) is 0 Å². The molecule has 13 heavy (non-hydrogen) atoms. The summed E-state index contributed by atoms with van der Waals surface area (Å²) < 4.78 is 11.1. The minimum Gasteiger partial charge on any atom is -0.376 e. The zero-order valence-electron chi connectivity index (χ0n) is 7.83. The van der Waals surface area contributed by atoms with Crippen molar-refractivity contribution in [1.29, 1.82) is 0 Å². The lowest BCUT2D eigenvalue weighted by Gasteiger charge is -2.28. The second-order valence-electron chi connectivity index (χ2n) is 3.89. The summed E-state index contributed by atoms with van der Waals surface area (Å²) in [5, 5.41) is 0. The fourth-order valence-electron chi connectivity index (χ4n) is 1.75. The van der Waals surface area contributed by atoms with Crippen LogP contribution in [0, 0.1) is 0 Å². The van der Waals surface area contributed by atoms with Crippen LogP contribution in [0.5, 0.6) is 0 Å². The van der Waals surface area contributed by atoms with Crippen molar-refractivity contribution >= 4 is 5.78 Å². The number of ether oxygens (including phenoxy) is 2. The van der Waals surface area contributed by atoms with Crippen molar-refractivity contribution in [2.75, 3.05) is 13.2 Å². The highest BCUT2D eigenvalue weighted by Gasteiger charge is 2.28. The quantitative estimate of drug-likeness (QED) is 0.663. The van der Waals surface area contributed by atoms with Crippen molar-refractivity contribution in [1.82, 2.24) is 0 Å². The SMILES string of the molecule is O=C1CC(OCC2CCCCO2)C1. The molecule has 0 radical (unpaired) electrons. The van der Waals surface area contributed by atoms with E-state index in [1.54, 1.807) is 0 Å². The topological polar surface area (TPSA) is 35.5 Å². The van der Waals surface area contributed by atoms with Gasteiger partial charge in [0.15, 0.2) is 0 Å². The van der Waals surface area contributed by atoms with Gasteiger partial charge in [-0.15, -0.1) is 0 Å². The van der Waals surface area contributed by atoms with Crippen molar-refractivity contribution in [2.45, 2.75) is 44.3 Å². The van der Waals surface area contributed by atoms with Gasteiger partial charge in [-0.2, -0.15) is 0 Å². The van der Waals surface area contributed by atoms with Gasteiger partial charge in [-0.1, -0.05) is 0 Å². The van der Waals surface area contributed by atoms with E-state index in [2.05, 4.69) is 0 Å². The first-order chi connectivity index (χ1) is 6.34. The van der Waals surface area contributed by atoms with Crippen LogP contribution in [0.1, 0.15) is 32.1 Å². The van der Waals surface area contributed by atoms with Crippen molar-refractivity contribution in [3.8, 4) is 0 Å². The van der Waals surface area contributed by atoms with Gasteiger partial charge in [0.05, 0.1) is 18.8 Å². The predicted molar refractivity (Wildman–Crippen MR) is 47.6 cm³/mol. The summed E-state index contributed by atoms with van der Waals surface area (Å²) in [5.74, 6) is 0.328. The van der Waals surface area contributed by atoms with Gasteiger partial charge in [0.1, 0.15) is 5.78 Å². The standard InChI is InChI=1S/C10H16O3/c11-8-5-10(6-8)13-7-9-3-1-2-4-12-9/h9-10H,1-7H2. The van der Waals surface area contributed by atoms with Gasteiger partial charge < -0.3 is 9.47 Å². The predicted octanol–water partition coefficient (Wildman–Crippen LogP) is 1.30. The molecule has 3 nitrogen and oxygen atoms in total. The van der Waals surface area contributed by atoms with Gasteiger partial charge in [0.25, 0.3) is 0 Å². The Morgan fingerprint density at radius 2 is 2.23 bits per heavy atom. The molecular weight excluding hydrogens is 168 g/mol. The molecule has 3 heteroatoms. The summed E-state index contributed by atoms with van der Waals surface area (Å²) in [6.07, 6.45) is 5.25. The Hall–Kier alpha value is -0.410. The zero-order chi connectivity index (χ0) is 9.10. The van der Waals surface area contributed by atoms with Crippen LogP contribution in [-0.4, -0.2) is 31.2 Å². The zero-order valence-corrected chi connectivity index (χ0v) is 7.83. The Morgan fingerprint density at radius 3 is 2.85 bits per heavy atom. The number of Topliss-reactive ketones (excluding diaryl/α,β-unsaturated/α-hetero) is 1. The highest BCUT2D eigenvalue weighted by atomic mass is 16.5. The minimum atomic E-state index is 0.193. The molecule has 74 valence electrons. The summed E-state index contributed by atoms with van der Waals surface area (Å²) in [7, 11) is 0. The maximum atomic E-state index is 10.6. The smallest absolute Gasteiger partial charge is 0.138 e. The number of carbonyl (C=O) groups is 1. The summed E-state index contributed by atoms with van der Waals surface area (Å²) in [6, 6.07) is 0. The number of rotatable bonds is 3.